The van der Waals surface area contributed by atoms with Gasteiger partial charge in [-0.2, -0.15) is 4.31 Å². The number of esters is 1. The lowest BCUT2D eigenvalue weighted by Gasteiger charge is -2.30. The quantitative estimate of drug-likeness (QED) is 0.747. The van der Waals surface area contributed by atoms with Gasteiger partial charge >= 0.3 is 5.97 Å². The molecule has 1 unspecified atom stereocenters. The zero-order chi connectivity index (χ0) is 17.9. The van der Waals surface area contributed by atoms with Crippen molar-refractivity contribution in [2.24, 2.45) is 5.92 Å². The molecule has 1 aliphatic rings. The molecule has 0 bridgehead atoms. The number of carbonyl (C=O) groups excluding carboxylic acids is 1. The molecule has 1 aromatic heterocycles. The molecule has 0 N–H and O–H groups in total. The summed E-state index contributed by atoms with van der Waals surface area (Å²) >= 11 is 1.22. The van der Waals surface area contributed by atoms with E-state index >= 15 is 0 Å². The van der Waals surface area contributed by atoms with E-state index in [1.165, 1.54) is 15.6 Å². The van der Waals surface area contributed by atoms with Crippen molar-refractivity contribution in [3.8, 4) is 0 Å². The third-order valence-electron chi connectivity index (χ3n) is 4.44. The SMILES string of the molecule is CC(OC(=O)C1CCN(S(=O)(=O)c2cccs2)CC1)c1ccccc1. The molecule has 7 heteroatoms. The summed E-state index contributed by atoms with van der Waals surface area (Å²) in [4.78, 5) is 12.4. The Hall–Kier alpha value is -1.70. The van der Waals surface area contributed by atoms with Gasteiger partial charge < -0.3 is 4.74 Å². The fourth-order valence-corrected chi connectivity index (χ4v) is 5.55. The van der Waals surface area contributed by atoms with Crippen molar-refractivity contribution in [2.45, 2.75) is 30.1 Å². The van der Waals surface area contributed by atoms with Gasteiger partial charge in [0.2, 0.25) is 0 Å². The van der Waals surface area contributed by atoms with Crippen molar-refractivity contribution in [2.75, 3.05) is 13.1 Å². The van der Waals surface area contributed by atoms with Crippen LogP contribution >= 0.6 is 11.3 Å². The average Bonchev–Trinajstić information content (AvgIpc) is 3.18. The molecule has 1 atom stereocenters. The second-order valence-electron chi connectivity index (χ2n) is 6.10. The number of piperidine rings is 1. The van der Waals surface area contributed by atoms with Crippen LogP contribution < -0.4 is 0 Å². The Morgan fingerprint density at radius 1 is 1.16 bits per heavy atom. The molecule has 3 rings (SSSR count). The number of carbonyl (C=O) groups is 1. The first-order valence-corrected chi connectivity index (χ1v) is 10.6. The minimum atomic E-state index is -3.43. The van der Waals surface area contributed by atoms with Crippen molar-refractivity contribution < 1.29 is 17.9 Å². The lowest BCUT2D eigenvalue weighted by Crippen LogP contribution is -2.40. The Bertz CT molecular complexity index is 795. The Morgan fingerprint density at radius 2 is 1.84 bits per heavy atom. The average molecular weight is 380 g/mol. The number of benzene rings is 1. The van der Waals surface area contributed by atoms with E-state index in [0.29, 0.717) is 30.1 Å². The molecule has 1 aromatic carbocycles. The fourth-order valence-electron chi connectivity index (χ4n) is 2.93. The highest BCUT2D eigenvalue weighted by Gasteiger charge is 2.33. The third kappa shape index (κ3) is 4.11. The maximum absolute atomic E-state index is 12.5. The Labute approximate surface area is 152 Å². The van der Waals surface area contributed by atoms with Crippen LogP contribution in [0.5, 0.6) is 0 Å². The van der Waals surface area contributed by atoms with Crippen LogP contribution in [0.15, 0.2) is 52.1 Å². The molecular weight excluding hydrogens is 358 g/mol. The summed E-state index contributed by atoms with van der Waals surface area (Å²) in [7, 11) is -3.43. The van der Waals surface area contributed by atoms with Gasteiger partial charge in [0, 0.05) is 13.1 Å². The van der Waals surface area contributed by atoms with E-state index in [1.54, 1.807) is 17.5 Å². The van der Waals surface area contributed by atoms with Gasteiger partial charge in [-0.25, -0.2) is 8.42 Å². The van der Waals surface area contributed by atoms with E-state index in [1.807, 2.05) is 37.3 Å². The number of sulfonamides is 1. The summed E-state index contributed by atoms with van der Waals surface area (Å²) in [6.07, 6.45) is 0.678. The third-order valence-corrected chi connectivity index (χ3v) is 7.71. The molecule has 25 heavy (non-hydrogen) atoms. The monoisotopic (exact) mass is 379 g/mol. The van der Waals surface area contributed by atoms with Crippen LogP contribution in [-0.4, -0.2) is 31.8 Å². The van der Waals surface area contributed by atoms with Gasteiger partial charge in [-0.1, -0.05) is 36.4 Å². The van der Waals surface area contributed by atoms with Crippen LogP contribution in [-0.2, 0) is 19.6 Å². The van der Waals surface area contributed by atoms with E-state index in [4.69, 9.17) is 4.74 Å². The van der Waals surface area contributed by atoms with E-state index in [2.05, 4.69) is 0 Å². The highest BCUT2D eigenvalue weighted by atomic mass is 32.2. The summed E-state index contributed by atoms with van der Waals surface area (Å²) in [5, 5.41) is 1.75. The topological polar surface area (TPSA) is 63.7 Å². The van der Waals surface area contributed by atoms with Crippen LogP contribution in [0.3, 0.4) is 0 Å². The number of rotatable bonds is 5. The van der Waals surface area contributed by atoms with Crippen LogP contribution in [0, 0.1) is 5.92 Å². The molecule has 1 aliphatic heterocycles. The number of ether oxygens (including phenoxy) is 1. The number of hydrogen-bond acceptors (Lipinski definition) is 5. The van der Waals surface area contributed by atoms with Gasteiger partial charge in [-0.3, -0.25) is 4.79 Å². The minimum Gasteiger partial charge on any atom is -0.458 e. The van der Waals surface area contributed by atoms with Crippen molar-refractivity contribution in [3.63, 3.8) is 0 Å². The number of nitrogens with zero attached hydrogens (tertiary/aromatic N) is 1. The second-order valence-corrected chi connectivity index (χ2v) is 9.21. The Balaban J connectivity index is 1.56. The highest BCUT2D eigenvalue weighted by molar-refractivity contribution is 7.91. The molecule has 1 fully saturated rings. The molecule has 1 saturated heterocycles. The Kier molecular flexibility index (Phi) is 5.56. The minimum absolute atomic E-state index is 0.246. The van der Waals surface area contributed by atoms with Gasteiger partial charge in [0.1, 0.15) is 10.3 Å². The van der Waals surface area contributed by atoms with Crippen LogP contribution in [0.25, 0.3) is 0 Å². The largest absolute Gasteiger partial charge is 0.458 e. The molecule has 2 aromatic rings. The first-order valence-electron chi connectivity index (χ1n) is 8.27. The second kappa shape index (κ2) is 7.68. The highest BCUT2D eigenvalue weighted by Crippen LogP contribution is 2.28. The van der Waals surface area contributed by atoms with E-state index < -0.39 is 10.0 Å². The first kappa shape index (κ1) is 18.1. The lowest BCUT2D eigenvalue weighted by atomic mass is 9.98. The van der Waals surface area contributed by atoms with E-state index in [0.717, 1.165) is 5.56 Å². The molecule has 0 spiro atoms. The molecule has 134 valence electrons. The zero-order valence-electron chi connectivity index (χ0n) is 14.0. The van der Waals surface area contributed by atoms with Gasteiger partial charge in [0.05, 0.1) is 5.92 Å². The standard InChI is InChI=1S/C18H21NO4S2/c1-14(15-6-3-2-4-7-15)23-18(20)16-9-11-19(12-10-16)25(21,22)17-8-5-13-24-17/h2-8,13-14,16H,9-12H2,1H3. The van der Waals surface area contributed by atoms with Crippen LogP contribution in [0.2, 0.25) is 0 Å². The summed E-state index contributed by atoms with van der Waals surface area (Å²) in [6, 6.07) is 12.9. The van der Waals surface area contributed by atoms with Crippen molar-refractivity contribution >= 4 is 27.3 Å². The summed E-state index contributed by atoms with van der Waals surface area (Å²) in [6.45, 7) is 2.54. The van der Waals surface area contributed by atoms with Gasteiger partial charge in [0.15, 0.2) is 0 Å². The predicted molar refractivity (Wildman–Crippen MR) is 96.8 cm³/mol. The van der Waals surface area contributed by atoms with Crippen molar-refractivity contribution in [3.05, 3.63) is 53.4 Å². The summed E-state index contributed by atoms with van der Waals surface area (Å²) in [5.41, 5.74) is 0.952. The van der Waals surface area contributed by atoms with E-state index in [-0.39, 0.29) is 18.0 Å². The molecule has 0 amide bonds. The number of thiophene rings is 1. The molecule has 0 saturated carbocycles. The normalized spacial score (nSPS) is 18.0. The summed E-state index contributed by atoms with van der Waals surface area (Å²) < 4.78 is 32.4. The van der Waals surface area contributed by atoms with Crippen molar-refractivity contribution in [1.29, 1.82) is 0 Å². The van der Waals surface area contributed by atoms with Gasteiger partial charge in [-0.15, -0.1) is 11.3 Å². The molecule has 0 aliphatic carbocycles. The maximum atomic E-state index is 12.5. The predicted octanol–water partition coefficient (Wildman–Crippen LogP) is 3.45. The lowest BCUT2D eigenvalue weighted by molar-refractivity contribution is -0.155. The van der Waals surface area contributed by atoms with Gasteiger partial charge in [0.25, 0.3) is 10.0 Å². The molecule has 0 radical (unpaired) electrons. The molecule has 5 nitrogen and oxygen atoms in total. The van der Waals surface area contributed by atoms with Crippen LogP contribution in [0.1, 0.15) is 31.4 Å². The molecular formula is C18H21NO4S2. The first-order chi connectivity index (χ1) is 12.0. The fraction of sp³-hybridized carbons (Fsp3) is 0.389. The van der Waals surface area contributed by atoms with E-state index in [9.17, 15) is 13.2 Å². The maximum Gasteiger partial charge on any atom is 0.309 e. The van der Waals surface area contributed by atoms with Crippen molar-refractivity contribution in [1.82, 2.24) is 4.31 Å². The van der Waals surface area contributed by atoms with Gasteiger partial charge in [-0.05, 0) is 36.8 Å². The zero-order valence-corrected chi connectivity index (χ0v) is 15.6. The summed E-state index contributed by atoms with van der Waals surface area (Å²) in [5.74, 6) is -0.495. The Morgan fingerprint density at radius 3 is 2.44 bits per heavy atom. The smallest absolute Gasteiger partial charge is 0.309 e. The molecule has 2 heterocycles. The number of hydrogen-bond donors (Lipinski definition) is 0. The van der Waals surface area contributed by atoms with Crippen LogP contribution in [0.4, 0.5) is 0 Å².